The molecule has 62 valence electrons. The molecule has 0 amide bonds. The number of aliphatic hydroxyl groups is 1. The van der Waals surface area contributed by atoms with Crippen molar-refractivity contribution in [3.05, 3.63) is 29.8 Å². The van der Waals surface area contributed by atoms with Gasteiger partial charge in [0, 0.05) is 18.2 Å². The third kappa shape index (κ3) is 2.69. The quantitative estimate of drug-likeness (QED) is 0.496. The van der Waals surface area contributed by atoms with E-state index in [1.807, 2.05) is 0 Å². The van der Waals surface area contributed by atoms with E-state index in [0.29, 0.717) is 12.0 Å². The molecule has 3 heteroatoms. The molecule has 1 rings (SSSR count). The number of hydrogen-bond donors (Lipinski definition) is 1. The molecule has 1 N–H and O–H groups in total. The zero-order valence-corrected chi connectivity index (χ0v) is 6.42. The molecule has 0 radical (unpaired) electrons. The van der Waals surface area contributed by atoms with Gasteiger partial charge in [-0.2, -0.15) is 4.39 Å². The van der Waals surface area contributed by atoms with E-state index in [1.165, 1.54) is 12.3 Å². The highest BCUT2D eigenvalue weighted by Gasteiger charge is 1.88. The molecule has 0 atom stereocenters. The number of aromatic nitrogens is 1. The summed E-state index contributed by atoms with van der Waals surface area (Å²) < 4.78 is 12.3. The van der Waals surface area contributed by atoms with E-state index in [-0.39, 0.29) is 6.61 Å². The fraction of sp³-hybridized carbons (Fsp3) is 0.222. The van der Waals surface area contributed by atoms with E-state index in [0.717, 1.165) is 0 Å². The van der Waals surface area contributed by atoms with Crippen LogP contribution in [0.3, 0.4) is 0 Å². The van der Waals surface area contributed by atoms with Crippen molar-refractivity contribution in [2.24, 2.45) is 0 Å². The summed E-state index contributed by atoms with van der Waals surface area (Å²) in [5.41, 5.74) is 0.657. The second kappa shape index (κ2) is 4.47. The van der Waals surface area contributed by atoms with Crippen LogP contribution < -0.4 is 0 Å². The van der Waals surface area contributed by atoms with Gasteiger partial charge in [-0.1, -0.05) is 11.8 Å². The summed E-state index contributed by atoms with van der Waals surface area (Å²) in [6.45, 7) is 0.0433. The minimum atomic E-state index is -0.511. The molecular weight excluding hydrogens is 157 g/mol. The fourth-order valence-corrected chi connectivity index (χ4v) is 0.670. The van der Waals surface area contributed by atoms with E-state index < -0.39 is 5.95 Å². The Balaban J connectivity index is 2.66. The summed E-state index contributed by atoms with van der Waals surface area (Å²) in [6, 6.07) is 2.80. The van der Waals surface area contributed by atoms with Crippen molar-refractivity contribution < 1.29 is 9.50 Å². The fourth-order valence-electron chi connectivity index (χ4n) is 0.670. The summed E-state index contributed by atoms with van der Waals surface area (Å²) in [6.07, 6.45) is 1.79. The van der Waals surface area contributed by atoms with Crippen molar-refractivity contribution >= 4 is 0 Å². The van der Waals surface area contributed by atoms with Crippen molar-refractivity contribution in [2.75, 3.05) is 6.61 Å². The number of rotatable bonds is 1. The average molecular weight is 165 g/mol. The lowest BCUT2D eigenvalue weighted by atomic mass is 10.3. The molecule has 0 aromatic carbocycles. The first-order valence-corrected chi connectivity index (χ1v) is 3.54. The lowest BCUT2D eigenvalue weighted by molar-refractivity contribution is 0.305. The van der Waals surface area contributed by atoms with Gasteiger partial charge < -0.3 is 5.11 Å². The Morgan fingerprint density at radius 3 is 2.92 bits per heavy atom. The van der Waals surface area contributed by atoms with Crippen LogP contribution in [0.5, 0.6) is 0 Å². The first-order chi connectivity index (χ1) is 5.83. The largest absolute Gasteiger partial charge is 0.395 e. The van der Waals surface area contributed by atoms with Crippen LogP contribution in [0.4, 0.5) is 4.39 Å². The monoisotopic (exact) mass is 165 g/mol. The Bertz CT molecular complexity index is 297. The van der Waals surface area contributed by atoms with Crippen LogP contribution in [0.1, 0.15) is 12.0 Å². The number of nitrogens with zero attached hydrogens (tertiary/aromatic N) is 1. The van der Waals surface area contributed by atoms with Crippen molar-refractivity contribution in [2.45, 2.75) is 6.42 Å². The highest BCUT2D eigenvalue weighted by atomic mass is 19.1. The lowest BCUT2D eigenvalue weighted by Gasteiger charge is -1.87. The third-order valence-electron chi connectivity index (χ3n) is 1.20. The van der Waals surface area contributed by atoms with Crippen LogP contribution in [0.2, 0.25) is 0 Å². The Labute approximate surface area is 70.1 Å². The van der Waals surface area contributed by atoms with Gasteiger partial charge in [-0.3, -0.25) is 0 Å². The SMILES string of the molecule is OCCC#Cc1ccc(F)nc1. The van der Waals surface area contributed by atoms with E-state index in [1.54, 1.807) is 6.07 Å². The highest BCUT2D eigenvalue weighted by Crippen LogP contribution is 1.96. The van der Waals surface area contributed by atoms with E-state index in [4.69, 9.17) is 5.11 Å². The van der Waals surface area contributed by atoms with E-state index in [9.17, 15) is 4.39 Å². The molecule has 0 bridgehead atoms. The molecular formula is C9H8FNO. The van der Waals surface area contributed by atoms with Gasteiger partial charge in [0.25, 0.3) is 0 Å². The van der Waals surface area contributed by atoms with E-state index in [2.05, 4.69) is 16.8 Å². The maximum absolute atomic E-state index is 12.3. The summed E-state index contributed by atoms with van der Waals surface area (Å²) in [7, 11) is 0. The van der Waals surface area contributed by atoms with Crippen LogP contribution in [0.15, 0.2) is 18.3 Å². The molecule has 2 nitrogen and oxygen atoms in total. The number of hydrogen-bond acceptors (Lipinski definition) is 2. The summed E-state index contributed by atoms with van der Waals surface area (Å²) in [5.74, 6) is 4.93. The Kier molecular flexibility index (Phi) is 3.24. The minimum absolute atomic E-state index is 0.0433. The zero-order chi connectivity index (χ0) is 8.81. The van der Waals surface area contributed by atoms with Crippen molar-refractivity contribution in [3.8, 4) is 11.8 Å². The van der Waals surface area contributed by atoms with Gasteiger partial charge in [-0.15, -0.1) is 0 Å². The zero-order valence-electron chi connectivity index (χ0n) is 6.42. The van der Waals surface area contributed by atoms with Crippen molar-refractivity contribution in [1.82, 2.24) is 4.98 Å². The normalized spacial score (nSPS) is 8.83. The Morgan fingerprint density at radius 1 is 1.50 bits per heavy atom. The average Bonchev–Trinajstić information content (AvgIpc) is 2.09. The minimum Gasteiger partial charge on any atom is -0.395 e. The number of pyridine rings is 1. The van der Waals surface area contributed by atoms with Crippen LogP contribution >= 0.6 is 0 Å². The molecule has 0 aliphatic rings. The highest BCUT2D eigenvalue weighted by molar-refractivity contribution is 5.31. The Morgan fingerprint density at radius 2 is 2.33 bits per heavy atom. The maximum atomic E-state index is 12.3. The van der Waals surface area contributed by atoms with Gasteiger partial charge in [-0.25, -0.2) is 4.98 Å². The second-order valence-corrected chi connectivity index (χ2v) is 2.14. The predicted octanol–water partition coefficient (Wildman–Crippen LogP) is 0.955. The molecule has 0 aliphatic heterocycles. The second-order valence-electron chi connectivity index (χ2n) is 2.14. The van der Waals surface area contributed by atoms with Crippen molar-refractivity contribution in [3.63, 3.8) is 0 Å². The van der Waals surface area contributed by atoms with Crippen LogP contribution in [0, 0.1) is 17.8 Å². The summed E-state index contributed by atoms with van der Waals surface area (Å²) >= 11 is 0. The number of halogens is 1. The first kappa shape index (κ1) is 8.69. The first-order valence-electron chi connectivity index (χ1n) is 3.54. The summed E-state index contributed by atoms with van der Waals surface area (Å²) in [4.78, 5) is 3.43. The van der Waals surface area contributed by atoms with Crippen LogP contribution in [0.25, 0.3) is 0 Å². The topological polar surface area (TPSA) is 33.1 Å². The standard InChI is InChI=1S/C9H8FNO/c10-9-5-4-8(7-11-9)3-1-2-6-12/h4-5,7,12H,2,6H2. The summed E-state index contributed by atoms with van der Waals surface area (Å²) in [5, 5.41) is 8.41. The molecule has 1 aromatic heterocycles. The molecule has 1 aromatic rings. The van der Waals surface area contributed by atoms with Crippen LogP contribution in [-0.4, -0.2) is 16.7 Å². The van der Waals surface area contributed by atoms with E-state index >= 15 is 0 Å². The molecule has 0 aliphatic carbocycles. The van der Waals surface area contributed by atoms with Crippen LogP contribution in [-0.2, 0) is 0 Å². The molecule has 0 saturated carbocycles. The van der Waals surface area contributed by atoms with Gasteiger partial charge in [0.1, 0.15) is 0 Å². The van der Waals surface area contributed by atoms with Gasteiger partial charge >= 0.3 is 0 Å². The van der Waals surface area contributed by atoms with Gasteiger partial charge in [0.05, 0.1) is 6.61 Å². The lowest BCUT2D eigenvalue weighted by Crippen LogP contribution is -1.82. The molecule has 0 saturated heterocycles. The van der Waals surface area contributed by atoms with Gasteiger partial charge in [0.15, 0.2) is 0 Å². The van der Waals surface area contributed by atoms with Gasteiger partial charge in [0.2, 0.25) is 5.95 Å². The third-order valence-corrected chi connectivity index (χ3v) is 1.20. The maximum Gasteiger partial charge on any atom is 0.212 e. The molecule has 0 fully saturated rings. The molecule has 0 unspecified atom stereocenters. The smallest absolute Gasteiger partial charge is 0.212 e. The molecule has 0 spiro atoms. The van der Waals surface area contributed by atoms with Crippen molar-refractivity contribution in [1.29, 1.82) is 0 Å². The molecule has 12 heavy (non-hydrogen) atoms. The van der Waals surface area contributed by atoms with Gasteiger partial charge in [-0.05, 0) is 12.1 Å². The molecule has 1 heterocycles. The Hall–Kier alpha value is -1.40. The number of aliphatic hydroxyl groups excluding tert-OH is 1. The predicted molar refractivity (Wildman–Crippen MR) is 42.8 cm³/mol.